The Morgan fingerprint density at radius 3 is 1.52 bits per heavy atom. The van der Waals surface area contributed by atoms with E-state index in [9.17, 15) is 63.3 Å². The molecule has 0 aliphatic rings. The predicted molar refractivity (Wildman–Crippen MR) is 220 cm³/mol. The highest BCUT2D eigenvalue weighted by atomic mass is 16.4. The number of aromatic amines is 1. The molecule has 2 aromatic rings. The Labute approximate surface area is 356 Å². The second-order valence-electron chi connectivity index (χ2n) is 15.1. The van der Waals surface area contributed by atoms with Gasteiger partial charge in [0.05, 0.1) is 12.5 Å². The van der Waals surface area contributed by atoms with Crippen molar-refractivity contribution in [3.05, 3.63) is 36.0 Å². The summed E-state index contributed by atoms with van der Waals surface area (Å²) in [6.07, 6.45) is -1.02. The van der Waals surface area contributed by atoms with E-state index < -0.39 is 139 Å². The Hall–Kier alpha value is -6.58. The van der Waals surface area contributed by atoms with Crippen molar-refractivity contribution in [1.82, 2.24) is 36.9 Å². The van der Waals surface area contributed by atoms with Gasteiger partial charge in [-0.2, -0.15) is 0 Å². The molecule has 13 N–H and O–H groups in total. The molecule has 2 rings (SSSR count). The zero-order valence-corrected chi connectivity index (χ0v) is 35.2. The minimum Gasteiger partial charge on any atom is -0.481 e. The number of carbonyl (C=O) groups is 10. The van der Waals surface area contributed by atoms with Gasteiger partial charge < -0.3 is 63.0 Å². The first-order valence-electron chi connectivity index (χ1n) is 20.1. The van der Waals surface area contributed by atoms with Crippen LogP contribution in [0.5, 0.6) is 0 Å². The molecule has 0 aliphatic heterocycles. The molecule has 0 aliphatic carbocycles. The zero-order valence-electron chi connectivity index (χ0n) is 35.2. The third-order valence-electron chi connectivity index (χ3n) is 10.3. The molecule has 342 valence electrons. The number of carboxylic acid groups (broad SMARTS) is 4. The van der Waals surface area contributed by atoms with Crippen LogP contribution in [-0.2, 0) is 54.4 Å². The molecule has 1 aromatic heterocycles. The number of benzene rings is 1. The quantitative estimate of drug-likeness (QED) is 0.0531. The lowest BCUT2D eigenvalue weighted by Crippen LogP contribution is -2.61. The number of carbonyl (C=O) groups excluding carboxylic acids is 6. The van der Waals surface area contributed by atoms with Crippen LogP contribution in [0.15, 0.2) is 30.5 Å². The van der Waals surface area contributed by atoms with E-state index in [2.05, 4.69) is 36.9 Å². The van der Waals surface area contributed by atoms with Gasteiger partial charge in [-0.05, 0) is 43.2 Å². The van der Waals surface area contributed by atoms with Crippen LogP contribution >= 0.6 is 0 Å². The van der Waals surface area contributed by atoms with Gasteiger partial charge in [0, 0.05) is 36.4 Å². The van der Waals surface area contributed by atoms with Crippen LogP contribution in [0, 0.1) is 11.8 Å². The Morgan fingerprint density at radius 1 is 0.581 bits per heavy atom. The molecule has 1 heterocycles. The van der Waals surface area contributed by atoms with Crippen LogP contribution in [0.3, 0.4) is 0 Å². The number of nitrogens with one attached hydrogen (secondary N) is 7. The molecule has 0 fully saturated rings. The van der Waals surface area contributed by atoms with Crippen molar-refractivity contribution in [3.8, 4) is 0 Å². The van der Waals surface area contributed by atoms with Crippen molar-refractivity contribution >= 4 is 70.2 Å². The maximum absolute atomic E-state index is 14.1. The third-order valence-corrected chi connectivity index (χ3v) is 10.3. The SMILES string of the molecule is CC[C@H](C)[C@H](NC(=O)[C@H](CC(=O)O)NC(=O)[C@@H](NC(=O)[C@H](CCC(=O)O)NC(=O)[C@H](C)N)[C@@H](C)CC)C(=O)N[C@@H](Cc1c[nH]c2ccccc12)C(=O)N[C@@H](CCC(=O)O)C(=O)O. The van der Waals surface area contributed by atoms with E-state index in [-0.39, 0.29) is 25.7 Å². The van der Waals surface area contributed by atoms with E-state index >= 15 is 0 Å². The minimum atomic E-state index is -1.83. The van der Waals surface area contributed by atoms with E-state index in [1.165, 1.54) is 6.92 Å². The summed E-state index contributed by atoms with van der Waals surface area (Å²) in [5, 5.41) is 52.9. The lowest BCUT2D eigenvalue weighted by molar-refractivity contribution is -0.143. The monoisotopic (exact) mass is 874 g/mol. The molecule has 9 atom stereocenters. The third kappa shape index (κ3) is 16.1. The number of rotatable bonds is 27. The second-order valence-corrected chi connectivity index (χ2v) is 15.1. The molecule has 6 amide bonds. The number of hydrogen-bond donors (Lipinski definition) is 12. The van der Waals surface area contributed by atoms with E-state index in [1.54, 1.807) is 58.2 Å². The molecule has 0 unspecified atom stereocenters. The molecule has 0 saturated heterocycles. The summed E-state index contributed by atoms with van der Waals surface area (Å²) >= 11 is 0. The number of carboxylic acids is 4. The fourth-order valence-electron chi connectivity index (χ4n) is 6.19. The van der Waals surface area contributed by atoms with Crippen LogP contribution in [0.4, 0.5) is 0 Å². The molecular weight excluding hydrogens is 816 g/mol. The van der Waals surface area contributed by atoms with Crippen LogP contribution in [0.25, 0.3) is 10.9 Å². The van der Waals surface area contributed by atoms with Gasteiger partial charge in [-0.25, -0.2) is 4.79 Å². The molecule has 62 heavy (non-hydrogen) atoms. The largest absolute Gasteiger partial charge is 0.481 e. The average molecular weight is 875 g/mol. The summed E-state index contributed by atoms with van der Waals surface area (Å²) in [6.45, 7) is 7.85. The van der Waals surface area contributed by atoms with Gasteiger partial charge in [0.1, 0.15) is 36.3 Å². The first-order chi connectivity index (χ1) is 29.1. The highest BCUT2D eigenvalue weighted by Crippen LogP contribution is 2.20. The molecular formula is C40H58N8O14. The van der Waals surface area contributed by atoms with E-state index in [0.29, 0.717) is 16.5 Å². The molecule has 0 radical (unpaired) electrons. The normalized spacial score (nSPS) is 15.5. The summed E-state index contributed by atoms with van der Waals surface area (Å²) in [5.41, 5.74) is 6.83. The van der Waals surface area contributed by atoms with Crippen LogP contribution in [0.2, 0.25) is 0 Å². The summed E-state index contributed by atoms with van der Waals surface area (Å²) < 4.78 is 0. The lowest BCUT2D eigenvalue weighted by Gasteiger charge is -2.30. The van der Waals surface area contributed by atoms with Crippen LogP contribution in [-0.4, -0.2) is 127 Å². The molecule has 1 aromatic carbocycles. The summed E-state index contributed by atoms with van der Waals surface area (Å²) in [5.74, 6) is -12.7. The van der Waals surface area contributed by atoms with Crippen molar-refractivity contribution in [2.24, 2.45) is 17.6 Å². The van der Waals surface area contributed by atoms with Gasteiger partial charge in [-0.3, -0.25) is 43.2 Å². The van der Waals surface area contributed by atoms with Gasteiger partial charge in [-0.1, -0.05) is 58.7 Å². The number of hydrogen-bond acceptors (Lipinski definition) is 11. The predicted octanol–water partition coefficient (Wildman–Crippen LogP) is -0.652. The second kappa shape index (κ2) is 24.6. The van der Waals surface area contributed by atoms with Gasteiger partial charge in [0.25, 0.3) is 0 Å². The van der Waals surface area contributed by atoms with Gasteiger partial charge in [0.15, 0.2) is 0 Å². The Kier molecular flexibility index (Phi) is 20.5. The van der Waals surface area contributed by atoms with Crippen molar-refractivity contribution in [1.29, 1.82) is 0 Å². The van der Waals surface area contributed by atoms with E-state index in [1.807, 2.05) is 0 Å². The van der Waals surface area contributed by atoms with E-state index in [0.717, 1.165) is 0 Å². The average Bonchev–Trinajstić information content (AvgIpc) is 3.62. The number of aromatic nitrogens is 1. The van der Waals surface area contributed by atoms with Crippen molar-refractivity contribution in [2.45, 2.75) is 128 Å². The molecule has 0 saturated carbocycles. The maximum atomic E-state index is 14.1. The zero-order chi connectivity index (χ0) is 46.8. The first-order valence-corrected chi connectivity index (χ1v) is 20.1. The number of para-hydroxylation sites is 1. The van der Waals surface area contributed by atoms with Crippen LogP contribution in [0.1, 0.15) is 85.1 Å². The summed E-state index contributed by atoms with van der Waals surface area (Å²) in [6, 6.07) is -3.33. The standard InChI is InChI=1S/C40H58N8O14/c1-6-19(3)32(47-35(56)25(12-14-29(49)50)43-34(55)21(5)41)39(60)46-28(17-31(53)54)37(58)48-33(20(4)7-2)38(59)45-27(16-22-18-42-24-11-9-8-10-23(22)24)36(57)44-26(40(61)62)13-15-30(51)52/h8-11,18-21,25-28,32-33,42H,6-7,12-17,41H2,1-5H3,(H,43,55)(H,44,57)(H,45,59)(H,46,60)(H,47,56)(H,48,58)(H,49,50)(H,51,52)(H,53,54)(H,61,62)/t19-,20-,21-,25-,26-,27-,28-,32-,33-/m0/s1. The fraction of sp³-hybridized carbons (Fsp3) is 0.550. The number of nitrogens with two attached hydrogens (primary N) is 1. The van der Waals surface area contributed by atoms with Crippen molar-refractivity contribution in [3.63, 3.8) is 0 Å². The minimum absolute atomic E-state index is 0.194. The number of amides is 6. The topological polar surface area (TPSA) is 366 Å². The fourth-order valence-corrected chi connectivity index (χ4v) is 6.19. The number of aliphatic carboxylic acids is 4. The maximum Gasteiger partial charge on any atom is 0.326 e. The number of fused-ring (bicyclic) bond motifs is 1. The lowest BCUT2D eigenvalue weighted by atomic mass is 9.95. The van der Waals surface area contributed by atoms with Gasteiger partial charge >= 0.3 is 23.9 Å². The summed E-state index contributed by atoms with van der Waals surface area (Å²) in [7, 11) is 0. The molecule has 0 bridgehead atoms. The van der Waals surface area contributed by atoms with Gasteiger partial charge in [0.2, 0.25) is 35.4 Å². The highest BCUT2D eigenvalue weighted by Gasteiger charge is 2.37. The Balaban J connectivity index is 2.44. The highest BCUT2D eigenvalue weighted by molar-refractivity contribution is 5.98. The van der Waals surface area contributed by atoms with Crippen molar-refractivity contribution in [2.75, 3.05) is 0 Å². The van der Waals surface area contributed by atoms with E-state index in [4.69, 9.17) is 10.8 Å². The number of H-pyrrole nitrogens is 1. The Morgan fingerprint density at radius 2 is 1.03 bits per heavy atom. The summed E-state index contributed by atoms with van der Waals surface area (Å²) in [4.78, 5) is 131. The molecule has 22 heteroatoms. The molecule has 22 nitrogen and oxygen atoms in total. The Bertz CT molecular complexity index is 1950. The molecule has 0 spiro atoms. The van der Waals surface area contributed by atoms with Crippen molar-refractivity contribution < 1.29 is 68.4 Å². The first kappa shape index (κ1) is 51.6. The smallest absolute Gasteiger partial charge is 0.326 e. The van der Waals surface area contributed by atoms with Crippen LogP contribution < -0.4 is 37.6 Å². The van der Waals surface area contributed by atoms with Gasteiger partial charge in [-0.15, -0.1) is 0 Å².